The second-order valence-electron chi connectivity index (χ2n) is 7.46. The molecular weight excluding hydrogens is 378 g/mol. The molecule has 2 aliphatic rings. The molecule has 0 bridgehead atoms. The van der Waals surface area contributed by atoms with Crippen LogP contribution >= 0.6 is 0 Å². The molecule has 162 valence electrons. The molecule has 0 spiro atoms. The number of aliphatic hydroxyl groups is 1. The van der Waals surface area contributed by atoms with Gasteiger partial charge in [0, 0.05) is 38.9 Å². The molecule has 0 amide bonds. The molecular formula is C20H31N3O6. The van der Waals surface area contributed by atoms with E-state index < -0.39 is 17.5 Å². The van der Waals surface area contributed by atoms with E-state index in [4.69, 9.17) is 14.6 Å². The fraction of sp³-hybridized carbons (Fsp3) is 0.650. The molecule has 3 N–H and O–H groups in total. The van der Waals surface area contributed by atoms with Crippen molar-refractivity contribution < 1.29 is 29.6 Å². The predicted octanol–water partition coefficient (Wildman–Crippen LogP) is 1.06. The predicted molar refractivity (Wildman–Crippen MR) is 107 cm³/mol. The standard InChI is InChI=1S/C19H29N3O4.CH2O2/c1-2-6-19(18(24)25)14-22(7-5-16(19)23)17-4-3-15(12-20-17)13-21-8-10-26-11-9-21;2-1-3/h3-4,12,16,23H,2,5-11,13-14H2,1H3,(H,24,25);1H,(H,2,3)/t16-,19-;/m1./s1. The maximum Gasteiger partial charge on any atom is 0.314 e. The van der Waals surface area contributed by atoms with E-state index in [9.17, 15) is 15.0 Å². The number of pyridine rings is 1. The molecule has 1 aromatic heterocycles. The number of hydrogen-bond acceptors (Lipinski definition) is 7. The van der Waals surface area contributed by atoms with Crippen molar-refractivity contribution in [1.29, 1.82) is 0 Å². The number of anilines is 1. The summed E-state index contributed by atoms with van der Waals surface area (Å²) in [4.78, 5) is 29.2. The number of rotatable bonds is 6. The highest BCUT2D eigenvalue weighted by atomic mass is 16.5. The van der Waals surface area contributed by atoms with Crippen LogP contribution in [0, 0.1) is 5.41 Å². The fourth-order valence-electron chi connectivity index (χ4n) is 4.00. The summed E-state index contributed by atoms with van der Waals surface area (Å²) in [7, 11) is 0. The van der Waals surface area contributed by atoms with Crippen molar-refractivity contribution in [2.24, 2.45) is 5.41 Å². The van der Waals surface area contributed by atoms with Crippen molar-refractivity contribution in [1.82, 2.24) is 9.88 Å². The Labute approximate surface area is 170 Å². The Morgan fingerprint density at radius 1 is 1.34 bits per heavy atom. The van der Waals surface area contributed by atoms with Crippen LogP contribution in [0.5, 0.6) is 0 Å². The number of carboxylic acid groups (broad SMARTS) is 2. The zero-order chi connectivity index (χ0) is 21.3. The number of carboxylic acids is 1. The first-order valence-corrected chi connectivity index (χ1v) is 9.96. The smallest absolute Gasteiger partial charge is 0.314 e. The van der Waals surface area contributed by atoms with Gasteiger partial charge in [0.25, 0.3) is 6.47 Å². The van der Waals surface area contributed by atoms with E-state index in [0.29, 0.717) is 25.9 Å². The normalized spacial score (nSPS) is 25.0. The first kappa shape index (κ1) is 23.1. The first-order chi connectivity index (χ1) is 14.0. The number of piperidine rings is 1. The van der Waals surface area contributed by atoms with Crippen molar-refractivity contribution in [2.45, 2.75) is 38.8 Å². The average Bonchev–Trinajstić information content (AvgIpc) is 2.72. The van der Waals surface area contributed by atoms with Crippen molar-refractivity contribution in [3.05, 3.63) is 23.9 Å². The summed E-state index contributed by atoms with van der Waals surface area (Å²) in [6, 6.07) is 4.02. The Bertz CT molecular complexity index is 650. The van der Waals surface area contributed by atoms with Crippen LogP contribution in [0.3, 0.4) is 0 Å². The molecule has 0 radical (unpaired) electrons. The number of morpholine rings is 1. The second-order valence-corrected chi connectivity index (χ2v) is 7.46. The summed E-state index contributed by atoms with van der Waals surface area (Å²) in [6.45, 7) is 6.89. The molecule has 1 aromatic rings. The van der Waals surface area contributed by atoms with Gasteiger partial charge in [0.2, 0.25) is 0 Å². The van der Waals surface area contributed by atoms with Gasteiger partial charge in [-0.3, -0.25) is 14.5 Å². The molecule has 29 heavy (non-hydrogen) atoms. The lowest BCUT2D eigenvalue weighted by molar-refractivity contribution is -0.158. The first-order valence-electron chi connectivity index (χ1n) is 9.96. The monoisotopic (exact) mass is 409 g/mol. The molecule has 2 aliphatic heterocycles. The molecule has 0 saturated carbocycles. The van der Waals surface area contributed by atoms with Gasteiger partial charge in [0.1, 0.15) is 11.2 Å². The van der Waals surface area contributed by atoms with Crippen LogP contribution in [-0.4, -0.2) is 83.1 Å². The van der Waals surface area contributed by atoms with Gasteiger partial charge < -0.3 is 25.0 Å². The van der Waals surface area contributed by atoms with Gasteiger partial charge in [0.05, 0.1) is 19.3 Å². The van der Waals surface area contributed by atoms with Gasteiger partial charge in [0.15, 0.2) is 0 Å². The Morgan fingerprint density at radius 3 is 2.59 bits per heavy atom. The zero-order valence-corrected chi connectivity index (χ0v) is 16.9. The number of nitrogens with zero attached hydrogens (tertiary/aromatic N) is 3. The maximum atomic E-state index is 11.9. The van der Waals surface area contributed by atoms with Gasteiger partial charge in [-0.15, -0.1) is 0 Å². The summed E-state index contributed by atoms with van der Waals surface area (Å²) in [6.07, 6.45) is 2.71. The summed E-state index contributed by atoms with van der Waals surface area (Å²) < 4.78 is 5.37. The van der Waals surface area contributed by atoms with E-state index in [1.54, 1.807) is 0 Å². The third-order valence-electron chi connectivity index (χ3n) is 5.55. The Hall–Kier alpha value is -2.23. The van der Waals surface area contributed by atoms with E-state index >= 15 is 0 Å². The van der Waals surface area contributed by atoms with Crippen LogP contribution in [0.15, 0.2) is 18.3 Å². The molecule has 9 nitrogen and oxygen atoms in total. The Balaban J connectivity index is 0.000000941. The lowest BCUT2D eigenvalue weighted by Gasteiger charge is -2.43. The summed E-state index contributed by atoms with van der Waals surface area (Å²) in [5.74, 6) is -0.134. The van der Waals surface area contributed by atoms with Crippen LogP contribution in [-0.2, 0) is 20.9 Å². The number of aromatic nitrogens is 1. The molecule has 3 rings (SSSR count). The maximum absolute atomic E-state index is 11.9. The molecule has 2 atom stereocenters. The van der Waals surface area contributed by atoms with E-state index in [-0.39, 0.29) is 6.47 Å². The minimum absolute atomic E-state index is 0.250. The van der Waals surface area contributed by atoms with Gasteiger partial charge in [-0.1, -0.05) is 19.4 Å². The topological polar surface area (TPSA) is 123 Å². The summed E-state index contributed by atoms with van der Waals surface area (Å²) in [5.41, 5.74) is 0.0342. The van der Waals surface area contributed by atoms with Crippen molar-refractivity contribution in [3.63, 3.8) is 0 Å². The highest BCUT2D eigenvalue weighted by molar-refractivity contribution is 5.77. The van der Waals surface area contributed by atoms with Crippen LogP contribution in [0.4, 0.5) is 5.82 Å². The van der Waals surface area contributed by atoms with Crippen LogP contribution in [0.1, 0.15) is 31.7 Å². The second kappa shape index (κ2) is 11.1. The Kier molecular flexibility index (Phi) is 8.81. The highest BCUT2D eigenvalue weighted by Gasteiger charge is 2.48. The molecule has 0 aromatic carbocycles. The van der Waals surface area contributed by atoms with Gasteiger partial charge in [-0.2, -0.15) is 0 Å². The van der Waals surface area contributed by atoms with Crippen LogP contribution in [0.2, 0.25) is 0 Å². The Morgan fingerprint density at radius 2 is 2.03 bits per heavy atom. The molecule has 0 unspecified atom stereocenters. The summed E-state index contributed by atoms with van der Waals surface area (Å²) >= 11 is 0. The molecule has 0 aliphatic carbocycles. The third kappa shape index (κ3) is 5.88. The number of hydrogen-bond donors (Lipinski definition) is 3. The van der Waals surface area contributed by atoms with Crippen molar-refractivity contribution >= 4 is 18.3 Å². The number of aliphatic carboxylic acids is 1. The summed E-state index contributed by atoms with van der Waals surface area (Å²) in [5, 5.41) is 27.0. The zero-order valence-electron chi connectivity index (χ0n) is 16.9. The minimum atomic E-state index is -1.11. The van der Waals surface area contributed by atoms with Gasteiger partial charge in [-0.25, -0.2) is 4.98 Å². The van der Waals surface area contributed by atoms with Crippen molar-refractivity contribution in [3.8, 4) is 0 Å². The lowest BCUT2D eigenvalue weighted by Crippen LogP contribution is -2.56. The van der Waals surface area contributed by atoms with E-state index in [1.807, 2.05) is 24.1 Å². The van der Waals surface area contributed by atoms with Crippen molar-refractivity contribution in [2.75, 3.05) is 44.3 Å². The SMILES string of the molecule is CCC[C@@]1(C(=O)O)CN(c2ccc(CN3CCOCC3)cn2)CC[C@H]1O.O=CO. The van der Waals surface area contributed by atoms with Gasteiger partial charge in [-0.05, 0) is 24.5 Å². The largest absolute Gasteiger partial charge is 0.483 e. The third-order valence-corrected chi connectivity index (χ3v) is 5.55. The number of ether oxygens (including phenoxy) is 1. The number of aliphatic hydroxyl groups excluding tert-OH is 1. The lowest BCUT2D eigenvalue weighted by atomic mass is 9.74. The molecule has 2 fully saturated rings. The fourth-order valence-corrected chi connectivity index (χ4v) is 4.00. The molecule has 2 saturated heterocycles. The van der Waals surface area contributed by atoms with Crippen LogP contribution < -0.4 is 4.90 Å². The highest BCUT2D eigenvalue weighted by Crippen LogP contribution is 2.37. The number of carbonyl (C=O) groups is 2. The molecule has 3 heterocycles. The quantitative estimate of drug-likeness (QED) is 0.592. The molecule has 9 heteroatoms. The average molecular weight is 409 g/mol. The van der Waals surface area contributed by atoms with Gasteiger partial charge >= 0.3 is 5.97 Å². The van der Waals surface area contributed by atoms with Crippen LogP contribution in [0.25, 0.3) is 0 Å². The minimum Gasteiger partial charge on any atom is -0.483 e. The van der Waals surface area contributed by atoms with E-state index in [0.717, 1.165) is 50.7 Å². The van der Waals surface area contributed by atoms with E-state index in [2.05, 4.69) is 16.0 Å². The van der Waals surface area contributed by atoms with E-state index in [1.165, 1.54) is 0 Å².